The highest BCUT2D eigenvalue weighted by molar-refractivity contribution is 5.97. The number of aromatic amines is 1. The second-order valence-corrected chi connectivity index (χ2v) is 6.29. The van der Waals surface area contributed by atoms with Gasteiger partial charge in [0.2, 0.25) is 0 Å². The molecule has 1 fully saturated rings. The van der Waals surface area contributed by atoms with E-state index in [1.165, 1.54) is 0 Å². The maximum atomic E-state index is 12.8. The molecule has 0 bridgehead atoms. The highest BCUT2D eigenvalue weighted by Gasteiger charge is 2.24. The molecular formula is C19H19N5O2. The minimum Gasteiger partial charge on any atom is -0.345 e. The quantitative estimate of drug-likeness (QED) is 0.767. The van der Waals surface area contributed by atoms with Gasteiger partial charge < -0.3 is 14.8 Å². The van der Waals surface area contributed by atoms with E-state index in [4.69, 9.17) is 0 Å². The van der Waals surface area contributed by atoms with E-state index in [-0.39, 0.29) is 11.8 Å². The van der Waals surface area contributed by atoms with Gasteiger partial charge in [0.05, 0.1) is 17.4 Å². The van der Waals surface area contributed by atoms with Gasteiger partial charge in [-0.2, -0.15) is 0 Å². The van der Waals surface area contributed by atoms with Crippen molar-refractivity contribution >= 4 is 22.8 Å². The van der Waals surface area contributed by atoms with Gasteiger partial charge in [0.15, 0.2) is 0 Å². The molecule has 1 saturated heterocycles. The Bertz CT molecular complexity index is 937. The van der Waals surface area contributed by atoms with Crippen LogP contribution in [-0.2, 0) is 0 Å². The van der Waals surface area contributed by atoms with Crippen LogP contribution in [0.25, 0.3) is 11.0 Å². The van der Waals surface area contributed by atoms with E-state index >= 15 is 0 Å². The average Bonchev–Trinajstić information content (AvgIpc) is 3.02. The Hall–Kier alpha value is -3.22. The van der Waals surface area contributed by atoms with Crippen LogP contribution in [0.5, 0.6) is 0 Å². The third kappa shape index (κ3) is 3.15. The van der Waals surface area contributed by atoms with Gasteiger partial charge in [-0.3, -0.25) is 14.6 Å². The molecule has 0 unspecified atom stereocenters. The Labute approximate surface area is 150 Å². The monoisotopic (exact) mass is 349 g/mol. The van der Waals surface area contributed by atoms with Crippen LogP contribution in [0, 0.1) is 0 Å². The lowest BCUT2D eigenvalue weighted by Crippen LogP contribution is -2.37. The Kier molecular flexibility index (Phi) is 4.35. The number of hydrogen-bond donors (Lipinski definition) is 1. The summed E-state index contributed by atoms with van der Waals surface area (Å²) in [4.78, 5) is 40.3. The third-order valence-corrected chi connectivity index (χ3v) is 4.62. The first kappa shape index (κ1) is 16.3. The number of hydrogen-bond acceptors (Lipinski definition) is 4. The number of amides is 2. The number of carbonyl (C=O) groups is 2. The van der Waals surface area contributed by atoms with Crippen LogP contribution >= 0.6 is 0 Å². The molecule has 1 aromatic carbocycles. The summed E-state index contributed by atoms with van der Waals surface area (Å²) in [5.74, 6) is -0.104. The number of aromatic nitrogens is 3. The number of nitrogens with one attached hydrogen (secondary N) is 1. The summed E-state index contributed by atoms with van der Waals surface area (Å²) in [6.07, 6.45) is 3.98. The van der Waals surface area contributed by atoms with Crippen molar-refractivity contribution in [3.05, 3.63) is 60.2 Å². The molecule has 1 N–H and O–H groups in total. The normalized spacial score (nSPS) is 15.1. The van der Waals surface area contributed by atoms with Gasteiger partial charge in [-0.1, -0.05) is 6.07 Å². The summed E-state index contributed by atoms with van der Waals surface area (Å²) in [5, 5.41) is 0. The zero-order valence-electron chi connectivity index (χ0n) is 14.3. The molecule has 3 aromatic rings. The standard InChI is InChI=1S/C19H19N5O2/c25-18(14-5-6-15-17(12-14)22-13-21-15)23-8-3-9-24(11-10-23)19(26)16-4-1-2-7-20-16/h1-2,4-7,12-13H,3,8-11H2,(H,21,22). The molecule has 1 aliphatic heterocycles. The molecule has 3 heterocycles. The zero-order chi connectivity index (χ0) is 17.9. The fourth-order valence-electron chi connectivity index (χ4n) is 3.23. The van der Waals surface area contributed by atoms with Crippen molar-refractivity contribution in [2.45, 2.75) is 6.42 Å². The lowest BCUT2D eigenvalue weighted by Gasteiger charge is -2.22. The number of rotatable bonds is 2. The largest absolute Gasteiger partial charge is 0.345 e. The highest BCUT2D eigenvalue weighted by atomic mass is 16.2. The van der Waals surface area contributed by atoms with Crippen molar-refractivity contribution in [3.8, 4) is 0 Å². The second-order valence-electron chi connectivity index (χ2n) is 6.29. The van der Waals surface area contributed by atoms with Crippen LogP contribution in [0.1, 0.15) is 27.3 Å². The van der Waals surface area contributed by atoms with E-state index in [1.807, 2.05) is 17.0 Å². The van der Waals surface area contributed by atoms with Crippen LogP contribution in [0.15, 0.2) is 48.9 Å². The summed E-state index contributed by atoms with van der Waals surface area (Å²) in [6.45, 7) is 2.27. The fourth-order valence-corrected chi connectivity index (χ4v) is 3.23. The molecule has 2 amide bonds. The van der Waals surface area contributed by atoms with E-state index < -0.39 is 0 Å². The Morgan fingerprint density at radius 3 is 2.50 bits per heavy atom. The molecule has 0 saturated carbocycles. The predicted octanol–water partition coefficient (Wildman–Crippen LogP) is 1.95. The molecule has 7 heteroatoms. The molecule has 2 aromatic heterocycles. The molecule has 1 aliphatic rings. The van der Waals surface area contributed by atoms with Crippen LogP contribution in [0.3, 0.4) is 0 Å². The molecule has 0 radical (unpaired) electrons. The van der Waals surface area contributed by atoms with Crippen molar-refractivity contribution in [2.24, 2.45) is 0 Å². The van der Waals surface area contributed by atoms with Gasteiger partial charge in [0, 0.05) is 37.9 Å². The first-order chi connectivity index (χ1) is 12.7. The number of carbonyl (C=O) groups excluding carboxylic acids is 2. The first-order valence-corrected chi connectivity index (χ1v) is 8.65. The maximum Gasteiger partial charge on any atom is 0.272 e. The van der Waals surface area contributed by atoms with E-state index in [9.17, 15) is 9.59 Å². The summed E-state index contributed by atoms with van der Waals surface area (Å²) in [6, 6.07) is 10.8. The summed E-state index contributed by atoms with van der Waals surface area (Å²) < 4.78 is 0. The van der Waals surface area contributed by atoms with Crippen LogP contribution in [0.2, 0.25) is 0 Å². The molecule has 26 heavy (non-hydrogen) atoms. The van der Waals surface area contributed by atoms with Crippen LogP contribution < -0.4 is 0 Å². The Balaban J connectivity index is 1.46. The van der Waals surface area contributed by atoms with E-state index in [1.54, 1.807) is 41.7 Å². The molecular weight excluding hydrogens is 330 g/mol. The van der Waals surface area contributed by atoms with Gasteiger partial charge in [0.25, 0.3) is 11.8 Å². The van der Waals surface area contributed by atoms with Gasteiger partial charge in [0.1, 0.15) is 5.69 Å². The van der Waals surface area contributed by atoms with Gasteiger partial charge >= 0.3 is 0 Å². The minimum absolute atomic E-state index is 0.0198. The van der Waals surface area contributed by atoms with Crippen LogP contribution in [-0.4, -0.2) is 62.7 Å². The SMILES string of the molecule is O=C(c1ccc2nc[nH]c2c1)N1CCCN(C(=O)c2ccccn2)CC1. The molecule has 132 valence electrons. The lowest BCUT2D eigenvalue weighted by atomic mass is 10.1. The average molecular weight is 349 g/mol. The van der Waals surface area contributed by atoms with Gasteiger partial charge in [-0.15, -0.1) is 0 Å². The third-order valence-electron chi connectivity index (χ3n) is 4.62. The highest BCUT2D eigenvalue weighted by Crippen LogP contribution is 2.15. The van der Waals surface area contributed by atoms with E-state index in [2.05, 4.69) is 15.0 Å². The smallest absolute Gasteiger partial charge is 0.272 e. The topological polar surface area (TPSA) is 82.2 Å². The first-order valence-electron chi connectivity index (χ1n) is 8.65. The molecule has 4 rings (SSSR count). The van der Waals surface area contributed by atoms with Gasteiger partial charge in [-0.25, -0.2) is 4.98 Å². The number of pyridine rings is 1. The van der Waals surface area contributed by atoms with E-state index in [0.717, 1.165) is 17.5 Å². The summed E-state index contributed by atoms with van der Waals surface area (Å²) >= 11 is 0. The lowest BCUT2D eigenvalue weighted by molar-refractivity contribution is 0.0716. The summed E-state index contributed by atoms with van der Waals surface area (Å²) in [5.41, 5.74) is 2.76. The van der Waals surface area contributed by atoms with E-state index in [0.29, 0.717) is 37.4 Å². The maximum absolute atomic E-state index is 12.8. The minimum atomic E-state index is -0.0845. The molecule has 0 atom stereocenters. The number of imidazole rings is 1. The zero-order valence-corrected chi connectivity index (χ0v) is 14.3. The van der Waals surface area contributed by atoms with Gasteiger partial charge in [-0.05, 0) is 36.8 Å². The fraction of sp³-hybridized carbons (Fsp3) is 0.263. The number of nitrogens with zero attached hydrogens (tertiary/aromatic N) is 4. The molecule has 0 spiro atoms. The summed E-state index contributed by atoms with van der Waals surface area (Å²) in [7, 11) is 0. The number of H-pyrrole nitrogens is 1. The van der Waals surface area contributed by atoms with Crippen molar-refractivity contribution in [1.82, 2.24) is 24.8 Å². The molecule has 0 aliphatic carbocycles. The van der Waals surface area contributed by atoms with Crippen molar-refractivity contribution in [1.29, 1.82) is 0 Å². The Morgan fingerprint density at radius 2 is 1.73 bits per heavy atom. The second kappa shape index (κ2) is 6.95. The van der Waals surface area contributed by atoms with Crippen molar-refractivity contribution in [2.75, 3.05) is 26.2 Å². The number of benzene rings is 1. The van der Waals surface area contributed by atoms with Crippen LogP contribution in [0.4, 0.5) is 0 Å². The Morgan fingerprint density at radius 1 is 0.923 bits per heavy atom. The van der Waals surface area contributed by atoms with Crippen molar-refractivity contribution < 1.29 is 9.59 Å². The predicted molar refractivity (Wildman–Crippen MR) is 96.8 cm³/mol. The van der Waals surface area contributed by atoms with Crippen molar-refractivity contribution in [3.63, 3.8) is 0 Å². The number of fused-ring (bicyclic) bond motifs is 1. The molecule has 7 nitrogen and oxygen atoms in total.